The van der Waals surface area contributed by atoms with Crippen molar-refractivity contribution >= 4 is 21.6 Å². The lowest BCUT2D eigenvalue weighted by atomic mass is 10.1. The summed E-state index contributed by atoms with van der Waals surface area (Å²) in [4.78, 5) is 12.5. The molecule has 0 saturated heterocycles. The first-order valence-electron chi connectivity index (χ1n) is 9.44. The van der Waals surface area contributed by atoms with Crippen molar-refractivity contribution in [3.63, 3.8) is 0 Å². The van der Waals surface area contributed by atoms with Gasteiger partial charge >= 0.3 is 0 Å². The fraction of sp³-hybridized carbons (Fsp3) is 0.136. The smallest absolute Gasteiger partial charge is 0.244 e. The fourth-order valence-corrected chi connectivity index (χ4v) is 4.43. The number of hydrogen-bond donors (Lipinski definition) is 2. The zero-order valence-electron chi connectivity index (χ0n) is 16.2. The molecule has 0 bridgehead atoms. The topological polar surface area (TPSA) is 93.7 Å². The van der Waals surface area contributed by atoms with Crippen molar-refractivity contribution in [2.24, 2.45) is 0 Å². The zero-order chi connectivity index (χ0) is 21.8. The Balaban J connectivity index is 1.59. The SMILES string of the molecule is O=C(Nc1ccc2c(c1)OCO2)[C@@H](Cc1ccccc1)NS(=O)(=O)c1ccccc1F. The molecule has 0 fully saturated rings. The van der Waals surface area contributed by atoms with Gasteiger partial charge in [-0.15, -0.1) is 0 Å². The third-order valence-corrected chi connectivity index (χ3v) is 6.17. The van der Waals surface area contributed by atoms with E-state index in [1.807, 2.05) is 6.07 Å². The predicted octanol–water partition coefficient (Wildman–Crippen LogP) is 3.08. The number of ether oxygens (including phenoxy) is 2. The number of benzene rings is 3. The molecule has 7 nitrogen and oxygen atoms in total. The minimum atomic E-state index is -4.29. The van der Waals surface area contributed by atoms with E-state index in [-0.39, 0.29) is 13.2 Å². The van der Waals surface area contributed by atoms with Crippen LogP contribution in [0.1, 0.15) is 5.56 Å². The predicted molar refractivity (Wildman–Crippen MR) is 112 cm³/mol. The Bertz CT molecular complexity index is 1200. The van der Waals surface area contributed by atoms with Crippen LogP contribution in [-0.4, -0.2) is 27.2 Å². The number of carbonyl (C=O) groups excluding carboxylic acids is 1. The third-order valence-electron chi connectivity index (χ3n) is 4.66. The molecule has 0 spiro atoms. The lowest BCUT2D eigenvalue weighted by Crippen LogP contribution is -2.45. The lowest BCUT2D eigenvalue weighted by molar-refractivity contribution is -0.117. The lowest BCUT2D eigenvalue weighted by Gasteiger charge is -2.19. The van der Waals surface area contributed by atoms with Gasteiger partial charge in [-0.1, -0.05) is 42.5 Å². The second-order valence-electron chi connectivity index (χ2n) is 6.85. The van der Waals surface area contributed by atoms with Crippen LogP contribution in [0.5, 0.6) is 11.5 Å². The second kappa shape index (κ2) is 8.75. The van der Waals surface area contributed by atoms with Crippen molar-refractivity contribution in [1.29, 1.82) is 0 Å². The Morgan fingerprint density at radius 1 is 0.968 bits per heavy atom. The average Bonchev–Trinajstić information content (AvgIpc) is 3.22. The number of rotatable bonds is 7. The highest BCUT2D eigenvalue weighted by molar-refractivity contribution is 7.89. The Labute approximate surface area is 178 Å². The van der Waals surface area contributed by atoms with Gasteiger partial charge in [-0.2, -0.15) is 4.72 Å². The molecule has 1 heterocycles. The molecule has 31 heavy (non-hydrogen) atoms. The molecule has 1 atom stereocenters. The summed E-state index contributed by atoms with van der Waals surface area (Å²) < 4.78 is 52.6. The van der Waals surface area contributed by atoms with Gasteiger partial charge in [-0.25, -0.2) is 12.8 Å². The van der Waals surface area contributed by atoms with E-state index in [2.05, 4.69) is 10.0 Å². The minimum Gasteiger partial charge on any atom is -0.454 e. The highest BCUT2D eigenvalue weighted by Crippen LogP contribution is 2.34. The van der Waals surface area contributed by atoms with E-state index in [1.165, 1.54) is 12.1 Å². The monoisotopic (exact) mass is 442 g/mol. The average molecular weight is 442 g/mol. The van der Waals surface area contributed by atoms with E-state index < -0.39 is 32.7 Å². The summed E-state index contributed by atoms with van der Waals surface area (Å²) in [6.45, 7) is 0.0891. The number of anilines is 1. The summed E-state index contributed by atoms with van der Waals surface area (Å²) in [6.07, 6.45) is 0.0743. The maximum Gasteiger partial charge on any atom is 0.244 e. The molecule has 1 amide bonds. The first-order chi connectivity index (χ1) is 14.9. The maximum absolute atomic E-state index is 14.1. The maximum atomic E-state index is 14.1. The van der Waals surface area contributed by atoms with Crippen LogP contribution in [0.15, 0.2) is 77.7 Å². The van der Waals surface area contributed by atoms with Crippen LogP contribution >= 0.6 is 0 Å². The van der Waals surface area contributed by atoms with Crippen LogP contribution in [0, 0.1) is 5.82 Å². The highest BCUT2D eigenvalue weighted by Gasteiger charge is 2.28. The number of nitrogens with one attached hydrogen (secondary N) is 2. The van der Waals surface area contributed by atoms with Gasteiger partial charge in [-0.3, -0.25) is 4.79 Å². The standard InChI is InChI=1S/C22H19FN2O5S/c23-17-8-4-5-9-21(17)31(27,28)25-18(12-15-6-2-1-3-7-15)22(26)24-16-10-11-19-20(13-16)30-14-29-19/h1-11,13,18,25H,12,14H2,(H,24,26)/t18-/m1/s1. The van der Waals surface area contributed by atoms with Gasteiger partial charge < -0.3 is 14.8 Å². The number of halogens is 1. The van der Waals surface area contributed by atoms with Crippen molar-refractivity contribution in [2.45, 2.75) is 17.4 Å². The molecular formula is C22H19FN2O5S. The number of sulfonamides is 1. The van der Waals surface area contributed by atoms with Gasteiger partial charge in [0, 0.05) is 11.8 Å². The molecule has 0 aromatic heterocycles. The Kier molecular flexibility index (Phi) is 5.88. The molecule has 0 saturated carbocycles. The Morgan fingerprint density at radius 3 is 2.45 bits per heavy atom. The van der Waals surface area contributed by atoms with E-state index >= 15 is 0 Å². The van der Waals surface area contributed by atoms with Crippen LogP contribution in [0.3, 0.4) is 0 Å². The van der Waals surface area contributed by atoms with Crippen LogP contribution < -0.4 is 19.5 Å². The summed E-state index contributed by atoms with van der Waals surface area (Å²) in [7, 11) is -4.29. The molecule has 2 N–H and O–H groups in total. The third kappa shape index (κ3) is 4.84. The van der Waals surface area contributed by atoms with Crippen molar-refractivity contribution in [3.8, 4) is 11.5 Å². The van der Waals surface area contributed by atoms with Gasteiger partial charge in [0.1, 0.15) is 16.8 Å². The summed E-state index contributed by atoms with van der Waals surface area (Å²) in [5, 5.41) is 2.69. The van der Waals surface area contributed by atoms with E-state index in [9.17, 15) is 17.6 Å². The quantitative estimate of drug-likeness (QED) is 0.587. The van der Waals surface area contributed by atoms with Crippen molar-refractivity contribution in [1.82, 2.24) is 4.72 Å². The molecule has 0 aliphatic carbocycles. The molecular weight excluding hydrogens is 423 g/mol. The number of fused-ring (bicyclic) bond motifs is 1. The van der Waals surface area contributed by atoms with Crippen LogP contribution in [0.4, 0.5) is 10.1 Å². The molecule has 1 aliphatic heterocycles. The molecule has 0 radical (unpaired) electrons. The van der Waals surface area contributed by atoms with Gasteiger partial charge in [0.25, 0.3) is 0 Å². The Morgan fingerprint density at radius 2 is 1.68 bits per heavy atom. The first kappa shape index (κ1) is 20.8. The number of hydrogen-bond acceptors (Lipinski definition) is 5. The largest absolute Gasteiger partial charge is 0.454 e. The van der Waals surface area contributed by atoms with Crippen molar-refractivity contribution < 1.29 is 27.1 Å². The van der Waals surface area contributed by atoms with Gasteiger partial charge in [0.15, 0.2) is 11.5 Å². The number of carbonyl (C=O) groups is 1. The van der Waals surface area contributed by atoms with Crippen LogP contribution in [0.2, 0.25) is 0 Å². The number of amides is 1. The van der Waals surface area contributed by atoms with E-state index in [1.54, 1.807) is 42.5 Å². The van der Waals surface area contributed by atoms with Crippen LogP contribution in [0.25, 0.3) is 0 Å². The summed E-state index contributed by atoms with van der Waals surface area (Å²) in [5.41, 5.74) is 1.15. The van der Waals surface area contributed by atoms with Crippen molar-refractivity contribution in [3.05, 3.63) is 84.2 Å². The molecule has 1 aliphatic rings. The second-order valence-corrected chi connectivity index (χ2v) is 8.53. The fourth-order valence-electron chi connectivity index (χ4n) is 3.15. The summed E-state index contributed by atoms with van der Waals surface area (Å²) in [6, 6.07) is 17.6. The summed E-state index contributed by atoms with van der Waals surface area (Å²) in [5.74, 6) is -0.462. The van der Waals surface area contributed by atoms with Gasteiger partial charge in [-0.05, 0) is 36.2 Å². The van der Waals surface area contributed by atoms with E-state index in [0.29, 0.717) is 17.2 Å². The molecule has 4 rings (SSSR count). The molecule has 0 unspecified atom stereocenters. The van der Waals surface area contributed by atoms with Crippen LogP contribution in [-0.2, 0) is 21.2 Å². The van der Waals surface area contributed by atoms with Gasteiger partial charge in [0.05, 0.1) is 0 Å². The minimum absolute atomic E-state index is 0.0743. The van der Waals surface area contributed by atoms with Crippen molar-refractivity contribution in [2.75, 3.05) is 12.1 Å². The first-order valence-corrected chi connectivity index (χ1v) is 10.9. The normalized spacial score (nSPS) is 13.6. The summed E-state index contributed by atoms with van der Waals surface area (Å²) >= 11 is 0. The highest BCUT2D eigenvalue weighted by atomic mass is 32.2. The van der Waals surface area contributed by atoms with Gasteiger partial charge in [0.2, 0.25) is 22.7 Å². The Hall–Kier alpha value is -3.43. The molecule has 3 aromatic carbocycles. The molecule has 3 aromatic rings. The molecule has 9 heteroatoms. The molecule has 160 valence electrons. The van der Waals surface area contributed by atoms with E-state index in [0.717, 1.165) is 17.7 Å². The van der Waals surface area contributed by atoms with E-state index in [4.69, 9.17) is 9.47 Å². The zero-order valence-corrected chi connectivity index (χ0v) is 17.1.